The van der Waals surface area contributed by atoms with E-state index < -0.39 is 0 Å². The number of aliphatic hydroxyl groups is 1. The van der Waals surface area contributed by atoms with Gasteiger partial charge in [0.15, 0.2) is 0 Å². The van der Waals surface area contributed by atoms with Crippen LogP contribution < -0.4 is 10.6 Å². The average Bonchev–Trinajstić information content (AvgIpc) is 3.13. The van der Waals surface area contributed by atoms with Crippen LogP contribution in [0.1, 0.15) is 24.6 Å². The predicted molar refractivity (Wildman–Crippen MR) is 86.9 cm³/mol. The number of hydrogen-bond acceptors (Lipinski definition) is 6. The third-order valence-electron chi connectivity index (χ3n) is 5.16. The molecule has 23 heavy (non-hydrogen) atoms. The quantitative estimate of drug-likeness (QED) is 0.859. The highest BCUT2D eigenvalue weighted by molar-refractivity contribution is 5.44. The number of aliphatic hydroxyl groups excluding tert-OH is 1. The van der Waals surface area contributed by atoms with E-state index >= 15 is 0 Å². The van der Waals surface area contributed by atoms with Crippen molar-refractivity contribution >= 4 is 11.8 Å². The van der Waals surface area contributed by atoms with Crippen LogP contribution in [0.15, 0.2) is 24.5 Å². The minimum atomic E-state index is -0.340. The molecule has 2 aromatic rings. The number of nitrogens with zero attached hydrogens (tertiary/aromatic N) is 5. The first-order valence-corrected chi connectivity index (χ1v) is 8.13. The van der Waals surface area contributed by atoms with E-state index in [1.165, 1.54) is 0 Å². The third kappa shape index (κ3) is 2.65. The van der Waals surface area contributed by atoms with Gasteiger partial charge in [-0.1, -0.05) is 0 Å². The van der Waals surface area contributed by atoms with Crippen LogP contribution in [-0.2, 0) is 0 Å². The largest absolute Gasteiger partial charge is 0.391 e. The summed E-state index contributed by atoms with van der Waals surface area (Å²) < 4.78 is 1.90. The fourth-order valence-corrected chi connectivity index (χ4v) is 4.09. The zero-order valence-electron chi connectivity index (χ0n) is 13.2. The fraction of sp³-hybridized carbons (Fsp3) is 0.562. The van der Waals surface area contributed by atoms with E-state index in [2.05, 4.69) is 20.0 Å². The lowest BCUT2D eigenvalue weighted by atomic mass is 9.77. The van der Waals surface area contributed by atoms with Gasteiger partial charge in [-0.25, -0.2) is 4.98 Å². The van der Waals surface area contributed by atoms with Gasteiger partial charge in [0.05, 0.1) is 12.1 Å². The lowest BCUT2D eigenvalue weighted by molar-refractivity contribution is 0.0306. The summed E-state index contributed by atoms with van der Waals surface area (Å²) in [6.07, 6.45) is 5.13. The Hall–Kier alpha value is -2.15. The maximum Gasteiger partial charge on any atom is 0.222 e. The van der Waals surface area contributed by atoms with E-state index in [1.807, 2.05) is 29.9 Å². The number of nitrogens with two attached hydrogens (primary N) is 1. The average molecular weight is 314 g/mol. The Labute approximate surface area is 135 Å². The summed E-state index contributed by atoms with van der Waals surface area (Å²) in [4.78, 5) is 10.8. The van der Waals surface area contributed by atoms with Crippen molar-refractivity contribution in [2.24, 2.45) is 11.8 Å². The lowest BCUT2D eigenvalue weighted by Crippen LogP contribution is -2.36. The van der Waals surface area contributed by atoms with Crippen LogP contribution in [0.2, 0.25) is 0 Å². The van der Waals surface area contributed by atoms with Crippen molar-refractivity contribution in [1.82, 2.24) is 19.7 Å². The maximum atomic E-state index is 10.5. The predicted octanol–water partition coefficient (Wildman–Crippen LogP) is 1.01. The first-order valence-electron chi connectivity index (χ1n) is 8.13. The Balaban J connectivity index is 1.53. The lowest BCUT2D eigenvalue weighted by Gasteiger charge is -2.35. The molecule has 2 aliphatic rings. The number of hydrogen-bond donors (Lipinski definition) is 2. The molecule has 1 aliphatic carbocycles. The van der Waals surface area contributed by atoms with Crippen LogP contribution in [-0.4, -0.2) is 44.0 Å². The molecule has 0 aromatic carbocycles. The van der Waals surface area contributed by atoms with Crippen molar-refractivity contribution < 1.29 is 5.11 Å². The Morgan fingerprint density at radius 2 is 2.00 bits per heavy atom. The molecule has 2 fully saturated rings. The highest BCUT2D eigenvalue weighted by Gasteiger charge is 2.42. The number of fused-ring (bicyclic) bond motifs is 1. The first kappa shape index (κ1) is 14.4. The van der Waals surface area contributed by atoms with Gasteiger partial charge in [0.1, 0.15) is 5.82 Å². The molecule has 122 valence electrons. The Kier molecular flexibility index (Phi) is 3.45. The second-order valence-corrected chi connectivity index (χ2v) is 6.74. The molecule has 0 unspecified atom stereocenters. The van der Waals surface area contributed by atoms with E-state index in [1.54, 1.807) is 6.20 Å². The Morgan fingerprint density at radius 1 is 1.22 bits per heavy atom. The molecule has 1 aliphatic heterocycles. The molecule has 1 saturated heterocycles. The van der Waals surface area contributed by atoms with E-state index in [4.69, 9.17) is 5.73 Å². The zero-order valence-corrected chi connectivity index (χ0v) is 13.2. The van der Waals surface area contributed by atoms with E-state index in [0.717, 1.165) is 37.4 Å². The van der Waals surface area contributed by atoms with Crippen molar-refractivity contribution in [2.75, 3.05) is 23.7 Å². The van der Waals surface area contributed by atoms with Crippen molar-refractivity contribution in [3.05, 3.63) is 30.2 Å². The SMILES string of the molecule is Cc1cc(N2C[C@H]3C[C@@H](n4cccn4)[C@H](O)C[C@H]3C2)nc(N)n1. The number of aromatic nitrogens is 4. The van der Waals surface area contributed by atoms with Crippen LogP contribution in [0.5, 0.6) is 0 Å². The molecule has 7 heteroatoms. The van der Waals surface area contributed by atoms with Gasteiger partial charge in [-0.2, -0.15) is 10.1 Å². The maximum absolute atomic E-state index is 10.5. The van der Waals surface area contributed by atoms with Crippen molar-refractivity contribution in [1.29, 1.82) is 0 Å². The Morgan fingerprint density at radius 3 is 2.70 bits per heavy atom. The summed E-state index contributed by atoms with van der Waals surface area (Å²) in [7, 11) is 0. The van der Waals surface area contributed by atoms with Crippen LogP contribution >= 0.6 is 0 Å². The molecular weight excluding hydrogens is 292 g/mol. The topological polar surface area (TPSA) is 93.1 Å². The molecular formula is C16H22N6O. The van der Waals surface area contributed by atoms with Gasteiger partial charge in [0.2, 0.25) is 5.95 Å². The molecule has 0 amide bonds. The van der Waals surface area contributed by atoms with Crippen molar-refractivity contribution in [3.8, 4) is 0 Å². The summed E-state index contributed by atoms with van der Waals surface area (Å²) in [5.41, 5.74) is 6.67. The molecule has 0 radical (unpaired) electrons. The minimum Gasteiger partial charge on any atom is -0.391 e. The highest BCUT2D eigenvalue weighted by atomic mass is 16.3. The number of aryl methyl sites for hydroxylation is 1. The van der Waals surface area contributed by atoms with Gasteiger partial charge in [-0.15, -0.1) is 0 Å². The zero-order chi connectivity index (χ0) is 16.0. The van der Waals surface area contributed by atoms with Gasteiger partial charge in [-0.05, 0) is 37.7 Å². The smallest absolute Gasteiger partial charge is 0.222 e. The third-order valence-corrected chi connectivity index (χ3v) is 5.16. The summed E-state index contributed by atoms with van der Waals surface area (Å²) in [5.74, 6) is 2.26. The van der Waals surface area contributed by atoms with E-state index in [9.17, 15) is 5.11 Å². The summed E-state index contributed by atoms with van der Waals surface area (Å²) in [6.45, 7) is 3.80. The summed E-state index contributed by atoms with van der Waals surface area (Å²) in [5, 5.41) is 14.8. The fourth-order valence-electron chi connectivity index (χ4n) is 4.09. The van der Waals surface area contributed by atoms with Crippen LogP contribution in [0.3, 0.4) is 0 Å². The number of nitrogen functional groups attached to an aromatic ring is 1. The molecule has 7 nitrogen and oxygen atoms in total. The van der Waals surface area contributed by atoms with Crippen LogP contribution in [0.4, 0.5) is 11.8 Å². The molecule has 0 spiro atoms. The summed E-state index contributed by atoms with van der Waals surface area (Å²) in [6, 6.07) is 3.96. The van der Waals surface area contributed by atoms with Gasteiger partial charge in [-0.3, -0.25) is 4.68 Å². The van der Waals surface area contributed by atoms with Crippen molar-refractivity contribution in [2.45, 2.75) is 31.9 Å². The van der Waals surface area contributed by atoms with Gasteiger partial charge in [0.25, 0.3) is 0 Å². The summed E-state index contributed by atoms with van der Waals surface area (Å²) >= 11 is 0. The second kappa shape index (κ2) is 5.49. The normalized spacial score (nSPS) is 30.4. The van der Waals surface area contributed by atoms with E-state index in [0.29, 0.717) is 17.8 Å². The molecule has 1 saturated carbocycles. The van der Waals surface area contributed by atoms with Gasteiger partial charge >= 0.3 is 0 Å². The molecule has 4 rings (SSSR count). The molecule has 3 N–H and O–H groups in total. The first-order chi connectivity index (χ1) is 11.1. The van der Waals surface area contributed by atoms with Crippen molar-refractivity contribution in [3.63, 3.8) is 0 Å². The highest BCUT2D eigenvalue weighted by Crippen LogP contribution is 2.42. The Bertz CT molecular complexity index is 668. The minimum absolute atomic E-state index is 0.0726. The van der Waals surface area contributed by atoms with Gasteiger partial charge < -0.3 is 15.7 Å². The molecule has 2 aromatic heterocycles. The van der Waals surface area contributed by atoms with Crippen LogP contribution in [0, 0.1) is 18.8 Å². The molecule has 3 heterocycles. The molecule has 4 atom stereocenters. The van der Waals surface area contributed by atoms with Crippen LogP contribution in [0.25, 0.3) is 0 Å². The monoisotopic (exact) mass is 314 g/mol. The number of anilines is 2. The second-order valence-electron chi connectivity index (χ2n) is 6.74. The number of rotatable bonds is 2. The molecule has 0 bridgehead atoms. The van der Waals surface area contributed by atoms with Gasteiger partial charge in [0, 0.05) is 37.2 Å². The van der Waals surface area contributed by atoms with E-state index in [-0.39, 0.29) is 12.1 Å². The standard InChI is InChI=1S/C16H22N6O/c1-10-5-15(20-16(17)19-10)21-8-11-6-13(22-4-2-3-18-22)14(23)7-12(11)9-21/h2-5,11-14,23H,6-9H2,1H3,(H2,17,19,20)/t11-,12+,13-,14-/m1/s1.